The molecule has 3 heterocycles. The molecule has 8 heteroatoms. The minimum Gasteiger partial charge on any atom is -0.338 e. The molecule has 0 unspecified atom stereocenters. The van der Waals surface area contributed by atoms with E-state index in [2.05, 4.69) is 25.8 Å². The number of anilines is 3. The third-order valence-electron chi connectivity index (χ3n) is 5.73. The van der Waals surface area contributed by atoms with Crippen LogP contribution in [0.2, 0.25) is 0 Å². The average molecular weight is 460 g/mol. The van der Waals surface area contributed by atoms with Crippen molar-refractivity contribution in [1.29, 1.82) is 0 Å². The number of hydrogen-bond donors (Lipinski definition) is 3. The molecule has 6 aromatic rings. The van der Waals surface area contributed by atoms with Gasteiger partial charge in [-0.1, -0.05) is 24.3 Å². The first kappa shape index (κ1) is 20.6. The third kappa shape index (κ3) is 4.20. The standard InChI is InChI=1S/C27H21N7O/c35-26(16-19-6-3-4-13-28-19)30-20-7-5-8-22(15-20)34-25-10-2-1-9-23(25)27(33-34)31-21-11-12-24-18(14-21)17-29-32-24/h1-15,17H,16H2,(H,29,32)(H,30,35)(H,31,33). The summed E-state index contributed by atoms with van der Waals surface area (Å²) in [6.07, 6.45) is 3.70. The highest BCUT2D eigenvalue weighted by atomic mass is 16.1. The molecule has 0 aliphatic heterocycles. The van der Waals surface area contributed by atoms with Crippen LogP contribution in [0.25, 0.3) is 27.5 Å². The van der Waals surface area contributed by atoms with Crippen molar-refractivity contribution in [1.82, 2.24) is 25.0 Å². The molecule has 0 aliphatic rings. The summed E-state index contributed by atoms with van der Waals surface area (Å²) in [5.74, 6) is 0.621. The predicted molar refractivity (Wildman–Crippen MR) is 137 cm³/mol. The zero-order valence-corrected chi connectivity index (χ0v) is 18.6. The molecular formula is C27H21N7O. The molecule has 3 aromatic carbocycles. The molecule has 0 aliphatic carbocycles. The zero-order chi connectivity index (χ0) is 23.6. The van der Waals surface area contributed by atoms with Gasteiger partial charge in [0.15, 0.2) is 5.82 Å². The predicted octanol–water partition coefficient (Wildman–Crippen LogP) is 5.22. The fraction of sp³-hybridized carbons (Fsp3) is 0.0370. The summed E-state index contributed by atoms with van der Waals surface area (Å²) in [7, 11) is 0. The number of carbonyl (C=O) groups excluding carboxylic acids is 1. The van der Waals surface area contributed by atoms with Crippen LogP contribution in [0.15, 0.2) is 97.3 Å². The molecule has 0 saturated heterocycles. The normalized spacial score (nSPS) is 11.1. The lowest BCUT2D eigenvalue weighted by atomic mass is 10.2. The first-order chi connectivity index (χ1) is 17.2. The first-order valence-corrected chi connectivity index (χ1v) is 11.2. The number of benzene rings is 3. The number of amides is 1. The summed E-state index contributed by atoms with van der Waals surface area (Å²) in [5.41, 5.74) is 5.12. The lowest BCUT2D eigenvalue weighted by molar-refractivity contribution is -0.115. The Kier molecular flexibility index (Phi) is 5.16. The second-order valence-corrected chi connectivity index (χ2v) is 8.17. The number of rotatable bonds is 6. The van der Waals surface area contributed by atoms with Crippen LogP contribution in [0.3, 0.4) is 0 Å². The van der Waals surface area contributed by atoms with Crippen molar-refractivity contribution in [3.63, 3.8) is 0 Å². The van der Waals surface area contributed by atoms with Crippen molar-refractivity contribution in [3.05, 3.63) is 103 Å². The van der Waals surface area contributed by atoms with Crippen molar-refractivity contribution in [3.8, 4) is 5.69 Å². The van der Waals surface area contributed by atoms with E-state index in [1.807, 2.05) is 89.6 Å². The number of para-hydroxylation sites is 1. The number of nitrogens with one attached hydrogen (secondary N) is 3. The van der Waals surface area contributed by atoms with Crippen molar-refractivity contribution in [2.75, 3.05) is 10.6 Å². The first-order valence-electron chi connectivity index (χ1n) is 11.2. The smallest absolute Gasteiger partial charge is 0.230 e. The Labute approximate surface area is 200 Å². The number of aromatic nitrogens is 5. The molecule has 35 heavy (non-hydrogen) atoms. The number of fused-ring (bicyclic) bond motifs is 2. The van der Waals surface area contributed by atoms with Crippen LogP contribution in [0.4, 0.5) is 17.2 Å². The van der Waals surface area contributed by atoms with Gasteiger partial charge in [0.1, 0.15) is 0 Å². The van der Waals surface area contributed by atoms with E-state index in [4.69, 9.17) is 5.10 Å². The second kappa shape index (κ2) is 8.75. The summed E-state index contributed by atoms with van der Waals surface area (Å²) in [6.45, 7) is 0. The van der Waals surface area contributed by atoms with Crippen LogP contribution in [0, 0.1) is 0 Å². The Morgan fingerprint density at radius 2 is 1.83 bits per heavy atom. The summed E-state index contributed by atoms with van der Waals surface area (Å²) in [5, 5.41) is 20.3. The molecule has 0 bridgehead atoms. The van der Waals surface area contributed by atoms with E-state index in [9.17, 15) is 4.79 Å². The number of nitrogens with zero attached hydrogens (tertiary/aromatic N) is 4. The van der Waals surface area contributed by atoms with Crippen molar-refractivity contribution < 1.29 is 4.79 Å². The van der Waals surface area contributed by atoms with Gasteiger partial charge in [0, 0.05) is 34.0 Å². The molecule has 3 aromatic heterocycles. The number of aromatic amines is 1. The van der Waals surface area contributed by atoms with Gasteiger partial charge in [-0.25, -0.2) is 4.68 Å². The molecule has 0 saturated carbocycles. The molecular weight excluding hydrogens is 438 g/mol. The molecule has 1 amide bonds. The van der Waals surface area contributed by atoms with Gasteiger partial charge < -0.3 is 10.6 Å². The van der Waals surface area contributed by atoms with Crippen molar-refractivity contribution in [2.45, 2.75) is 6.42 Å². The monoisotopic (exact) mass is 459 g/mol. The van der Waals surface area contributed by atoms with E-state index in [0.717, 1.165) is 44.7 Å². The van der Waals surface area contributed by atoms with E-state index < -0.39 is 0 Å². The van der Waals surface area contributed by atoms with Gasteiger partial charge in [0.2, 0.25) is 5.91 Å². The van der Waals surface area contributed by atoms with Crippen LogP contribution in [0.1, 0.15) is 5.69 Å². The van der Waals surface area contributed by atoms with Crippen LogP contribution in [0.5, 0.6) is 0 Å². The van der Waals surface area contributed by atoms with Gasteiger partial charge in [-0.05, 0) is 60.7 Å². The lowest BCUT2D eigenvalue weighted by Crippen LogP contribution is -2.15. The SMILES string of the molecule is O=C(Cc1ccccn1)Nc1cccc(-n2nc(Nc3ccc4[nH]ncc4c3)c3ccccc32)c1. The maximum atomic E-state index is 12.5. The molecule has 0 fully saturated rings. The number of carbonyl (C=O) groups is 1. The molecule has 170 valence electrons. The van der Waals surface area contributed by atoms with Gasteiger partial charge in [0.05, 0.1) is 29.3 Å². The highest BCUT2D eigenvalue weighted by Crippen LogP contribution is 2.29. The van der Waals surface area contributed by atoms with E-state index in [-0.39, 0.29) is 12.3 Å². The summed E-state index contributed by atoms with van der Waals surface area (Å²) < 4.78 is 1.88. The molecule has 0 spiro atoms. The zero-order valence-electron chi connectivity index (χ0n) is 18.6. The highest BCUT2D eigenvalue weighted by molar-refractivity contribution is 5.95. The van der Waals surface area contributed by atoms with Crippen LogP contribution in [-0.4, -0.2) is 30.9 Å². The average Bonchev–Trinajstić information content (AvgIpc) is 3.49. The fourth-order valence-electron chi connectivity index (χ4n) is 4.10. The van der Waals surface area contributed by atoms with E-state index in [1.54, 1.807) is 12.4 Å². The summed E-state index contributed by atoms with van der Waals surface area (Å²) >= 11 is 0. The minimum atomic E-state index is -0.122. The Morgan fingerprint density at radius 3 is 2.74 bits per heavy atom. The maximum Gasteiger partial charge on any atom is 0.230 e. The largest absolute Gasteiger partial charge is 0.338 e. The summed E-state index contributed by atoms with van der Waals surface area (Å²) in [6, 6.07) is 27.2. The van der Waals surface area contributed by atoms with Crippen molar-refractivity contribution in [2.24, 2.45) is 0 Å². The molecule has 0 radical (unpaired) electrons. The number of pyridine rings is 1. The van der Waals surface area contributed by atoms with Crippen LogP contribution in [-0.2, 0) is 11.2 Å². The van der Waals surface area contributed by atoms with Crippen LogP contribution >= 0.6 is 0 Å². The quantitative estimate of drug-likeness (QED) is 0.317. The van der Waals surface area contributed by atoms with E-state index in [0.29, 0.717) is 5.69 Å². The van der Waals surface area contributed by atoms with E-state index in [1.165, 1.54) is 0 Å². The van der Waals surface area contributed by atoms with Gasteiger partial charge in [-0.15, -0.1) is 5.10 Å². The van der Waals surface area contributed by atoms with Gasteiger partial charge in [-0.3, -0.25) is 14.9 Å². The highest BCUT2D eigenvalue weighted by Gasteiger charge is 2.13. The molecule has 8 nitrogen and oxygen atoms in total. The Morgan fingerprint density at radius 1 is 0.914 bits per heavy atom. The minimum absolute atomic E-state index is 0.122. The van der Waals surface area contributed by atoms with Crippen LogP contribution < -0.4 is 10.6 Å². The third-order valence-corrected chi connectivity index (χ3v) is 5.73. The maximum absolute atomic E-state index is 12.5. The van der Waals surface area contributed by atoms with Gasteiger partial charge >= 0.3 is 0 Å². The van der Waals surface area contributed by atoms with Gasteiger partial charge in [-0.2, -0.15) is 5.10 Å². The molecule has 6 rings (SSSR count). The van der Waals surface area contributed by atoms with Crippen molar-refractivity contribution >= 4 is 44.9 Å². The fourth-order valence-corrected chi connectivity index (χ4v) is 4.10. The molecule has 3 N–H and O–H groups in total. The lowest BCUT2D eigenvalue weighted by Gasteiger charge is -2.08. The Hall–Kier alpha value is -4.98. The topological polar surface area (TPSA) is 101 Å². The number of H-pyrrole nitrogens is 1. The van der Waals surface area contributed by atoms with E-state index >= 15 is 0 Å². The molecule has 0 atom stereocenters. The second-order valence-electron chi connectivity index (χ2n) is 8.17. The Balaban J connectivity index is 1.30. The summed E-state index contributed by atoms with van der Waals surface area (Å²) in [4.78, 5) is 16.8. The Bertz CT molecular complexity index is 1650. The number of hydrogen-bond acceptors (Lipinski definition) is 5. The van der Waals surface area contributed by atoms with Gasteiger partial charge in [0.25, 0.3) is 0 Å².